The van der Waals surface area contributed by atoms with Crippen molar-refractivity contribution in [2.45, 2.75) is 11.9 Å². The van der Waals surface area contributed by atoms with Gasteiger partial charge in [-0.3, -0.25) is 4.79 Å². The average Bonchev–Trinajstić information content (AvgIpc) is 2.04. The van der Waals surface area contributed by atoms with Gasteiger partial charge in [0.2, 0.25) is 0 Å². The van der Waals surface area contributed by atoms with Crippen LogP contribution < -0.4 is 0 Å². The molecular weight excluding hydrogens is 177 g/mol. The molecule has 0 unspecified atom stereocenters. The summed E-state index contributed by atoms with van der Waals surface area (Å²) in [6.45, 7) is 1.38. The molecule has 0 aliphatic carbocycles. The molecular formula is C8H8FNOS. The lowest BCUT2D eigenvalue weighted by atomic mass is 10.2. The van der Waals surface area contributed by atoms with Crippen LogP contribution in [-0.2, 0) is 0 Å². The van der Waals surface area contributed by atoms with Gasteiger partial charge in [0.05, 0.1) is 0 Å². The number of nitrogens with zero attached hydrogens (tertiary/aromatic N) is 1. The monoisotopic (exact) mass is 185 g/mol. The Morgan fingerprint density at radius 3 is 2.75 bits per heavy atom. The number of hydrogen-bond acceptors (Lipinski definition) is 3. The summed E-state index contributed by atoms with van der Waals surface area (Å²) in [5.41, 5.74) is 0.310. The van der Waals surface area contributed by atoms with Crippen molar-refractivity contribution in [2.24, 2.45) is 0 Å². The number of Topliss-reactive ketones (excluding diaryl/α,β-unsaturated/α-hetero) is 1. The fourth-order valence-corrected chi connectivity index (χ4v) is 1.18. The first-order valence-electron chi connectivity index (χ1n) is 3.35. The lowest BCUT2D eigenvalue weighted by Gasteiger charge is -1.98. The van der Waals surface area contributed by atoms with Crippen molar-refractivity contribution >= 4 is 17.5 Å². The Morgan fingerprint density at radius 2 is 2.33 bits per heavy atom. The van der Waals surface area contributed by atoms with E-state index in [1.54, 1.807) is 6.26 Å². The topological polar surface area (TPSA) is 30.0 Å². The van der Waals surface area contributed by atoms with E-state index in [0.717, 1.165) is 0 Å². The van der Waals surface area contributed by atoms with E-state index in [1.165, 1.54) is 30.9 Å². The van der Waals surface area contributed by atoms with Gasteiger partial charge in [0.15, 0.2) is 11.6 Å². The molecule has 0 saturated carbocycles. The van der Waals surface area contributed by atoms with Gasteiger partial charge in [0.1, 0.15) is 5.03 Å². The smallest absolute Gasteiger partial charge is 0.161 e. The lowest BCUT2D eigenvalue weighted by Crippen LogP contribution is -1.96. The molecule has 1 rings (SSSR count). The molecule has 0 bridgehead atoms. The van der Waals surface area contributed by atoms with Crippen LogP contribution in [0.5, 0.6) is 0 Å². The summed E-state index contributed by atoms with van der Waals surface area (Å²) in [7, 11) is 0. The van der Waals surface area contributed by atoms with E-state index in [1.807, 2.05) is 0 Å². The third-order valence-corrected chi connectivity index (χ3v) is 2.09. The largest absolute Gasteiger partial charge is 0.294 e. The quantitative estimate of drug-likeness (QED) is 0.522. The first kappa shape index (κ1) is 9.19. The Labute approximate surface area is 74.2 Å². The van der Waals surface area contributed by atoms with Gasteiger partial charge >= 0.3 is 0 Å². The number of rotatable bonds is 2. The maximum atomic E-state index is 13.0. The summed E-state index contributed by atoms with van der Waals surface area (Å²) >= 11 is 1.22. The zero-order valence-electron chi connectivity index (χ0n) is 6.80. The van der Waals surface area contributed by atoms with Crippen LogP contribution in [0.15, 0.2) is 17.3 Å². The van der Waals surface area contributed by atoms with Crippen LogP contribution in [0.3, 0.4) is 0 Å². The summed E-state index contributed by atoms with van der Waals surface area (Å²) in [5.74, 6) is -0.607. The van der Waals surface area contributed by atoms with Gasteiger partial charge in [0, 0.05) is 11.8 Å². The first-order chi connectivity index (χ1) is 5.65. The SMILES string of the molecule is CSc1ncc(C(C)=O)cc1F. The van der Waals surface area contributed by atoms with E-state index in [9.17, 15) is 9.18 Å². The minimum absolute atomic E-state index is 0.172. The van der Waals surface area contributed by atoms with Crippen molar-refractivity contribution in [2.75, 3.05) is 6.26 Å². The van der Waals surface area contributed by atoms with Gasteiger partial charge in [0.25, 0.3) is 0 Å². The van der Waals surface area contributed by atoms with Crippen LogP contribution in [0.4, 0.5) is 4.39 Å². The molecule has 0 aromatic carbocycles. The fourth-order valence-electron chi connectivity index (χ4n) is 0.768. The Morgan fingerprint density at radius 1 is 1.67 bits per heavy atom. The Balaban J connectivity index is 3.10. The van der Waals surface area contributed by atoms with Gasteiger partial charge in [-0.1, -0.05) is 0 Å². The summed E-state index contributed by atoms with van der Waals surface area (Å²) in [6.07, 6.45) is 3.12. The predicted molar refractivity (Wildman–Crippen MR) is 46.0 cm³/mol. The van der Waals surface area contributed by atoms with E-state index < -0.39 is 5.82 Å². The second kappa shape index (κ2) is 3.67. The Hall–Kier alpha value is -0.900. The van der Waals surface area contributed by atoms with Gasteiger partial charge in [-0.25, -0.2) is 9.37 Å². The molecule has 0 amide bonds. The molecule has 1 aromatic rings. The molecule has 2 nitrogen and oxygen atoms in total. The third-order valence-electron chi connectivity index (χ3n) is 1.41. The molecule has 0 N–H and O–H groups in total. The Kier molecular flexibility index (Phi) is 2.81. The van der Waals surface area contributed by atoms with Crippen molar-refractivity contribution in [3.05, 3.63) is 23.6 Å². The molecule has 0 fully saturated rings. The van der Waals surface area contributed by atoms with Gasteiger partial charge < -0.3 is 0 Å². The highest BCUT2D eigenvalue weighted by molar-refractivity contribution is 7.98. The second-order valence-electron chi connectivity index (χ2n) is 2.27. The van der Waals surface area contributed by atoms with Crippen LogP contribution in [0.2, 0.25) is 0 Å². The minimum atomic E-state index is -0.435. The summed E-state index contributed by atoms with van der Waals surface area (Å²) in [5, 5.41) is 0.319. The molecule has 0 saturated heterocycles. The molecule has 4 heteroatoms. The number of aromatic nitrogens is 1. The molecule has 0 spiro atoms. The number of thioether (sulfide) groups is 1. The van der Waals surface area contributed by atoms with E-state index in [0.29, 0.717) is 10.6 Å². The zero-order valence-corrected chi connectivity index (χ0v) is 7.61. The molecule has 1 aromatic heterocycles. The minimum Gasteiger partial charge on any atom is -0.294 e. The van der Waals surface area contributed by atoms with E-state index in [4.69, 9.17) is 0 Å². The van der Waals surface area contributed by atoms with Gasteiger partial charge in [-0.2, -0.15) is 0 Å². The predicted octanol–water partition coefficient (Wildman–Crippen LogP) is 2.15. The summed E-state index contributed by atoms with van der Waals surface area (Å²) in [4.78, 5) is 14.6. The molecule has 0 aliphatic heterocycles. The highest BCUT2D eigenvalue weighted by Crippen LogP contribution is 2.16. The first-order valence-corrected chi connectivity index (χ1v) is 4.58. The van der Waals surface area contributed by atoms with Crippen molar-refractivity contribution in [1.29, 1.82) is 0 Å². The number of ketones is 1. The van der Waals surface area contributed by atoms with E-state index in [-0.39, 0.29) is 5.78 Å². The molecule has 64 valence electrons. The van der Waals surface area contributed by atoms with Crippen molar-refractivity contribution in [1.82, 2.24) is 4.98 Å². The number of hydrogen-bond donors (Lipinski definition) is 0. The Bertz CT molecular complexity index is 314. The van der Waals surface area contributed by atoms with Crippen LogP contribution in [-0.4, -0.2) is 17.0 Å². The summed E-state index contributed by atoms with van der Waals surface area (Å²) in [6, 6.07) is 1.21. The van der Waals surface area contributed by atoms with Crippen molar-refractivity contribution < 1.29 is 9.18 Å². The van der Waals surface area contributed by atoms with E-state index in [2.05, 4.69) is 4.98 Å². The number of halogens is 1. The van der Waals surface area contributed by atoms with E-state index >= 15 is 0 Å². The lowest BCUT2D eigenvalue weighted by molar-refractivity contribution is 0.101. The maximum absolute atomic E-state index is 13.0. The third kappa shape index (κ3) is 1.82. The van der Waals surface area contributed by atoms with Gasteiger partial charge in [-0.05, 0) is 19.2 Å². The number of carbonyl (C=O) groups excluding carboxylic acids is 1. The molecule has 0 aliphatic rings. The van der Waals surface area contributed by atoms with Gasteiger partial charge in [-0.15, -0.1) is 11.8 Å². The van der Waals surface area contributed by atoms with Crippen LogP contribution in [0, 0.1) is 5.82 Å². The van der Waals surface area contributed by atoms with Crippen LogP contribution >= 0.6 is 11.8 Å². The molecule has 1 heterocycles. The summed E-state index contributed by atoms with van der Waals surface area (Å²) < 4.78 is 13.0. The standard InChI is InChI=1S/C8H8FNOS/c1-5(11)6-3-7(9)8(12-2)10-4-6/h3-4H,1-2H3. The molecule has 0 atom stereocenters. The average molecular weight is 185 g/mol. The zero-order chi connectivity index (χ0) is 9.14. The highest BCUT2D eigenvalue weighted by Gasteiger charge is 2.06. The molecule has 0 radical (unpaired) electrons. The highest BCUT2D eigenvalue weighted by atomic mass is 32.2. The normalized spacial score (nSPS) is 9.92. The van der Waals surface area contributed by atoms with Crippen LogP contribution in [0.25, 0.3) is 0 Å². The maximum Gasteiger partial charge on any atom is 0.161 e. The van der Waals surface area contributed by atoms with Crippen molar-refractivity contribution in [3.8, 4) is 0 Å². The van der Waals surface area contributed by atoms with Crippen molar-refractivity contribution in [3.63, 3.8) is 0 Å². The number of carbonyl (C=O) groups is 1. The fraction of sp³-hybridized carbons (Fsp3) is 0.250. The molecule has 12 heavy (non-hydrogen) atoms. The van der Waals surface area contributed by atoms with Crippen LogP contribution in [0.1, 0.15) is 17.3 Å². The number of pyridine rings is 1. The second-order valence-corrected chi connectivity index (χ2v) is 3.07.